The molecule has 0 saturated heterocycles. The molecule has 0 N–H and O–H groups in total. The van der Waals surface area contributed by atoms with Crippen LogP contribution in [0.2, 0.25) is 0 Å². The summed E-state index contributed by atoms with van der Waals surface area (Å²) in [5, 5.41) is 6.92. The van der Waals surface area contributed by atoms with Crippen LogP contribution in [0.4, 0.5) is 0 Å². The third-order valence-corrected chi connectivity index (χ3v) is 5.82. The lowest BCUT2D eigenvalue weighted by Crippen LogP contribution is -2.35. The molecule has 1 saturated carbocycles. The minimum absolute atomic E-state index is 0.0145. The number of hydrogen-bond donors (Lipinski definition) is 0. The minimum atomic E-state index is -0.0145. The Morgan fingerprint density at radius 3 is 2.60 bits per heavy atom. The monoisotopic (exact) mass is 338 g/mol. The molecule has 0 amide bonds. The molecular formula is C23H34N2. The van der Waals surface area contributed by atoms with E-state index in [1.165, 1.54) is 43.2 Å². The molecule has 2 rings (SSSR count). The standard InChI is InChI=1S/C23H34N2/c1-7-23(5,22-14-9-8-10-15-22)20(4)24-25(6)17-19(3)21-13-11-12-18(2)16-21/h7,11-13,16,22H,1,3,8-10,14-15,17H2,2,4-6H3/b24-20-. The molecule has 1 atom stereocenters. The van der Waals surface area contributed by atoms with Crippen LogP contribution in [0.3, 0.4) is 0 Å². The Balaban J connectivity index is 2.08. The summed E-state index contributed by atoms with van der Waals surface area (Å²) in [5.74, 6) is 0.663. The van der Waals surface area contributed by atoms with Crippen molar-refractivity contribution in [3.63, 3.8) is 0 Å². The van der Waals surface area contributed by atoms with Gasteiger partial charge in [-0.25, -0.2) is 0 Å². The number of hydrogen-bond acceptors (Lipinski definition) is 2. The van der Waals surface area contributed by atoms with Crippen molar-refractivity contribution in [2.24, 2.45) is 16.4 Å². The molecule has 1 unspecified atom stereocenters. The first kappa shape index (κ1) is 19.5. The quantitative estimate of drug-likeness (QED) is 0.334. The van der Waals surface area contributed by atoms with Gasteiger partial charge in [0.05, 0.1) is 6.54 Å². The molecule has 0 heterocycles. The van der Waals surface area contributed by atoms with Gasteiger partial charge in [0.2, 0.25) is 0 Å². The molecule has 2 heteroatoms. The summed E-state index contributed by atoms with van der Waals surface area (Å²) < 4.78 is 0. The number of rotatable bonds is 7. The van der Waals surface area contributed by atoms with Crippen LogP contribution in [0, 0.1) is 18.3 Å². The van der Waals surface area contributed by atoms with Crippen molar-refractivity contribution in [2.45, 2.75) is 52.9 Å². The van der Waals surface area contributed by atoms with Crippen LogP contribution in [0.1, 0.15) is 57.1 Å². The van der Waals surface area contributed by atoms with Gasteiger partial charge in [-0.3, -0.25) is 5.01 Å². The third-order valence-electron chi connectivity index (χ3n) is 5.82. The smallest absolute Gasteiger partial charge is 0.0607 e. The van der Waals surface area contributed by atoms with Gasteiger partial charge in [0.25, 0.3) is 0 Å². The van der Waals surface area contributed by atoms with Gasteiger partial charge in [-0.2, -0.15) is 5.10 Å². The average Bonchev–Trinajstić information content (AvgIpc) is 2.61. The first-order chi connectivity index (χ1) is 11.9. The third kappa shape index (κ3) is 4.84. The molecule has 1 aromatic carbocycles. The van der Waals surface area contributed by atoms with E-state index in [0.717, 1.165) is 17.8 Å². The Labute approximate surface area is 154 Å². The predicted octanol–water partition coefficient (Wildman–Crippen LogP) is 6.09. The fourth-order valence-corrected chi connectivity index (χ4v) is 3.94. The van der Waals surface area contributed by atoms with Crippen LogP contribution in [0.5, 0.6) is 0 Å². The topological polar surface area (TPSA) is 15.6 Å². The highest BCUT2D eigenvalue weighted by molar-refractivity contribution is 5.89. The molecule has 0 bridgehead atoms. The van der Waals surface area contributed by atoms with Crippen LogP contribution in [-0.4, -0.2) is 24.3 Å². The lowest BCUT2D eigenvalue weighted by atomic mass is 9.67. The second-order valence-electron chi connectivity index (χ2n) is 7.80. The Morgan fingerprint density at radius 2 is 2.00 bits per heavy atom. The Bertz CT molecular complexity index is 637. The number of likely N-dealkylation sites (N-methyl/N-ethyl adjacent to an activating group) is 1. The van der Waals surface area contributed by atoms with Crippen molar-refractivity contribution in [3.8, 4) is 0 Å². The largest absolute Gasteiger partial charge is 0.296 e. The Morgan fingerprint density at radius 1 is 1.32 bits per heavy atom. The zero-order valence-corrected chi connectivity index (χ0v) is 16.5. The van der Waals surface area contributed by atoms with Crippen molar-refractivity contribution >= 4 is 11.3 Å². The second-order valence-corrected chi connectivity index (χ2v) is 7.80. The SMILES string of the molecule is C=CC(C)(/C(C)=N\N(C)CC(=C)c1cccc(C)c1)C1CCCCC1. The first-order valence-corrected chi connectivity index (χ1v) is 9.52. The molecule has 0 spiro atoms. The molecular weight excluding hydrogens is 304 g/mol. The molecule has 0 aromatic heterocycles. The lowest BCUT2D eigenvalue weighted by molar-refractivity contribution is 0.250. The average molecular weight is 339 g/mol. The van der Waals surface area contributed by atoms with Gasteiger partial charge >= 0.3 is 0 Å². The highest BCUT2D eigenvalue weighted by Crippen LogP contribution is 2.40. The molecule has 1 aromatic rings. The van der Waals surface area contributed by atoms with E-state index in [1.807, 2.05) is 12.1 Å². The summed E-state index contributed by atoms with van der Waals surface area (Å²) >= 11 is 0. The molecule has 0 aliphatic heterocycles. The van der Waals surface area contributed by atoms with Crippen molar-refractivity contribution in [3.05, 3.63) is 54.6 Å². The van der Waals surface area contributed by atoms with Gasteiger partial charge in [-0.05, 0) is 43.7 Å². The zero-order valence-electron chi connectivity index (χ0n) is 16.5. The molecule has 1 aliphatic rings. The Hall–Kier alpha value is -1.83. The van der Waals surface area contributed by atoms with E-state index in [-0.39, 0.29) is 5.41 Å². The van der Waals surface area contributed by atoms with E-state index in [1.54, 1.807) is 0 Å². The summed E-state index contributed by atoms with van der Waals surface area (Å²) in [5.41, 5.74) is 4.70. The van der Waals surface area contributed by atoms with Gasteiger partial charge < -0.3 is 0 Å². The summed E-state index contributed by atoms with van der Waals surface area (Å²) in [6.07, 6.45) is 8.73. The second kappa shape index (κ2) is 8.51. The van der Waals surface area contributed by atoms with E-state index >= 15 is 0 Å². The molecule has 25 heavy (non-hydrogen) atoms. The Kier molecular flexibility index (Phi) is 6.64. The van der Waals surface area contributed by atoms with Crippen LogP contribution >= 0.6 is 0 Å². The van der Waals surface area contributed by atoms with E-state index in [2.05, 4.69) is 64.3 Å². The van der Waals surface area contributed by atoms with Crippen molar-refractivity contribution in [2.75, 3.05) is 13.6 Å². The van der Waals surface area contributed by atoms with Gasteiger partial charge in [0.1, 0.15) is 0 Å². The number of allylic oxidation sites excluding steroid dienone is 1. The normalized spacial score (nSPS) is 18.5. The highest BCUT2D eigenvalue weighted by atomic mass is 15.4. The number of hydrazone groups is 1. The minimum Gasteiger partial charge on any atom is -0.296 e. The lowest BCUT2D eigenvalue weighted by Gasteiger charge is -2.38. The molecule has 136 valence electrons. The molecule has 2 nitrogen and oxygen atoms in total. The zero-order chi connectivity index (χ0) is 18.4. The van der Waals surface area contributed by atoms with Crippen molar-refractivity contribution < 1.29 is 0 Å². The van der Waals surface area contributed by atoms with Crippen molar-refractivity contribution in [1.29, 1.82) is 0 Å². The molecule has 0 radical (unpaired) electrons. The fraction of sp³-hybridized carbons (Fsp3) is 0.522. The summed E-state index contributed by atoms with van der Waals surface area (Å²) in [6.45, 7) is 15.7. The summed E-state index contributed by atoms with van der Waals surface area (Å²) in [4.78, 5) is 0. The van der Waals surface area contributed by atoms with E-state index in [4.69, 9.17) is 5.10 Å². The van der Waals surface area contributed by atoms with Crippen LogP contribution in [-0.2, 0) is 0 Å². The number of aryl methyl sites for hydroxylation is 1. The van der Waals surface area contributed by atoms with Gasteiger partial charge in [0.15, 0.2) is 0 Å². The predicted molar refractivity (Wildman–Crippen MR) is 111 cm³/mol. The van der Waals surface area contributed by atoms with Crippen LogP contribution in [0.25, 0.3) is 5.57 Å². The van der Waals surface area contributed by atoms with E-state index in [0.29, 0.717) is 5.92 Å². The highest BCUT2D eigenvalue weighted by Gasteiger charge is 2.35. The van der Waals surface area contributed by atoms with Gasteiger partial charge in [0, 0.05) is 18.2 Å². The van der Waals surface area contributed by atoms with Gasteiger partial charge in [-0.15, -0.1) is 6.58 Å². The number of nitrogens with zero attached hydrogens (tertiary/aromatic N) is 2. The fourth-order valence-electron chi connectivity index (χ4n) is 3.94. The van der Waals surface area contributed by atoms with Gasteiger partial charge in [-0.1, -0.05) is 68.7 Å². The molecule has 1 aliphatic carbocycles. The maximum absolute atomic E-state index is 4.90. The van der Waals surface area contributed by atoms with E-state index < -0.39 is 0 Å². The van der Waals surface area contributed by atoms with Crippen LogP contribution in [0.15, 0.2) is 48.6 Å². The van der Waals surface area contributed by atoms with E-state index in [9.17, 15) is 0 Å². The summed E-state index contributed by atoms with van der Waals surface area (Å²) in [6, 6.07) is 8.50. The number of benzene rings is 1. The van der Waals surface area contributed by atoms with Crippen LogP contribution < -0.4 is 0 Å². The molecule has 1 fully saturated rings. The maximum atomic E-state index is 4.90. The van der Waals surface area contributed by atoms with Crippen molar-refractivity contribution in [1.82, 2.24) is 5.01 Å². The first-order valence-electron chi connectivity index (χ1n) is 9.52. The maximum Gasteiger partial charge on any atom is 0.0607 e. The summed E-state index contributed by atoms with van der Waals surface area (Å²) in [7, 11) is 2.04.